The molecule has 3 heterocycles. The van der Waals surface area contributed by atoms with Crippen LogP contribution in [0.1, 0.15) is 42.0 Å². The Morgan fingerprint density at radius 2 is 1.93 bits per heavy atom. The Bertz CT molecular complexity index is 966. The van der Waals surface area contributed by atoms with Gasteiger partial charge in [-0.05, 0) is 25.1 Å². The molecule has 0 amide bonds. The van der Waals surface area contributed by atoms with Crippen LogP contribution >= 0.6 is 23.2 Å². The number of likely N-dealkylation sites (tertiary alicyclic amines) is 1. The van der Waals surface area contributed by atoms with Crippen LogP contribution in [0.4, 0.5) is 0 Å². The van der Waals surface area contributed by atoms with Gasteiger partial charge in [-0.2, -0.15) is 5.10 Å². The summed E-state index contributed by atoms with van der Waals surface area (Å²) in [6.07, 6.45) is 2.76. The number of aryl methyl sites for hydroxylation is 1. The molecule has 0 bridgehead atoms. The normalized spacial score (nSPS) is 28.6. The van der Waals surface area contributed by atoms with Crippen LogP contribution in [-0.2, 0) is 0 Å². The average Bonchev–Trinajstić information content (AvgIpc) is 3.11. The maximum Gasteiger partial charge on any atom is 0.208 e. The first-order chi connectivity index (χ1) is 13.4. The largest absolute Gasteiger partial charge is 0.466 e. The Hall–Kier alpha value is -1.75. The molecular formula is C22H24Cl2N3O+. The Morgan fingerprint density at radius 3 is 2.68 bits per heavy atom. The van der Waals surface area contributed by atoms with E-state index in [1.165, 1.54) is 11.1 Å². The molecule has 1 spiro atoms. The lowest BCUT2D eigenvalue weighted by Gasteiger charge is -2.49. The van der Waals surface area contributed by atoms with Crippen LogP contribution in [0.15, 0.2) is 41.5 Å². The van der Waals surface area contributed by atoms with Crippen LogP contribution in [0, 0.1) is 6.92 Å². The number of fused-ring (bicyclic) bond motifs is 4. The predicted molar refractivity (Wildman–Crippen MR) is 113 cm³/mol. The third-order valence-electron chi connectivity index (χ3n) is 6.28. The molecule has 28 heavy (non-hydrogen) atoms. The van der Waals surface area contributed by atoms with E-state index in [0.29, 0.717) is 10.0 Å². The number of hydrogen-bond acceptors (Lipinski definition) is 3. The lowest BCUT2D eigenvalue weighted by atomic mass is 9.90. The molecule has 0 saturated carbocycles. The number of piperidine rings is 1. The fourth-order valence-corrected chi connectivity index (χ4v) is 5.20. The van der Waals surface area contributed by atoms with E-state index >= 15 is 0 Å². The molecular weight excluding hydrogens is 393 g/mol. The third kappa shape index (κ3) is 2.90. The van der Waals surface area contributed by atoms with Crippen LogP contribution in [0.25, 0.3) is 0 Å². The number of quaternary nitrogens is 1. The van der Waals surface area contributed by atoms with Gasteiger partial charge >= 0.3 is 0 Å². The van der Waals surface area contributed by atoms with Gasteiger partial charge in [-0.3, -0.25) is 0 Å². The summed E-state index contributed by atoms with van der Waals surface area (Å²) in [5.41, 5.74) is 4.07. The van der Waals surface area contributed by atoms with Crippen molar-refractivity contribution in [1.29, 1.82) is 0 Å². The highest BCUT2D eigenvalue weighted by atomic mass is 35.5. The minimum atomic E-state index is -0.368. The van der Waals surface area contributed by atoms with E-state index in [1.807, 2.05) is 12.1 Å². The molecule has 0 unspecified atom stereocenters. The molecule has 1 atom stereocenters. The summed E-state index contributed by atoms with van der Waals surface area (Å²) < 4.78 is 6.66. The van der Waals surface area contributed by atoms with Crippen molar-refractivity contribution in [3.05, 3.63) is 63.1 Å². The van der Waals surface area contributed by atoms with Gasteiger partial charge in [0.2, 0.25) is 5.72 Å². The van der Waals surface area contributed by atoms with Crippen molar-refractivity contribution in [2.75, 3.05) is 20.1 Å². The fraction of sp³-hybridized carbons (Fsp3) is 0.409. The van der Waals surface area contributed by atoms with E-state index in [-0.39, 0.29) is 11.8 Å². The SMILES string of the molecule is Cc1ccc2c(c1)[C@H]1CC(c3ccc(Cl)cc3Cl)=NN1C1(CC[NH+](C)CC1)O2. The van der Waals surface area contributed by atoms with Gasteiger partial charge in [-0.1, -0.05) is 47.0 Å². The van der Waals surface area contributed by atoms with Gasteiger partial charge in [0.1, 0.15) is 5.75 Å². The second-order valence-corrected chi connectivity index (χ2v) is 9.13. The number of rotatable bonds is 1. The molecule has 1 N–H and O–H groups in total. The van der Waals surface area contributed by atoms with Crippen LogP contribution in [0.3, 0.4) is 0 Å². The van der Waals surface area contributed by atoms with Crippen molar-refractivity contribution in [2.45, 2.75) is 38.0 Å². The molecule has 0 radical (unpaired) electrons. The number of nitrogens with one attached hydrogen (secondary N) is 1. The molecule has 3 aliphatic heterocycles. The van der Waals surface area contributed by atoms with Crippen molar-refractivity contribution in [2.24, 2.45) is 5.10 Å². The van der Waals surface area contributed by atoms with Crippen LogP contribution < -0.4 is 9.64 Å². The standard InChI is InChI=1S/C22H23Cl2N3O/c1-14-3-6-21-17(11-14)20-13-19(16-5-4-15(23)12-18(16)24)25-27(20)22(28-21)7-9-26(2)10-8-22/h3-6,11-12,20H,7-10,13H2,1-2H3/p+1/t20-/m1/s1. The molecule has 1 fully saturated rings. The zero-order valence-corrected chi connectivity index (χ0v) is 17.6. The number of nitrogens with zero attached hydrogens (tertiary/aromatic N) is 2. The van der Waals surface area contributed by atoms with Gasteiger partial charge in [-0.15, -0.1) is 0 Å². The molecule has 4 nitrogen and oxygen atoms in total. The lowest BCUT2D eigenvalue weighted by Crippen LogP contribution is -3.11. The summed E-state index contributed by atoms with van der Waals surface area (Å²) >= 11 is 12.6. The number of benzene rings is 2. The van der Waals surface area contributed by atoms with E-state index < -0.39 is 0 Å². The van der Waals surface area contributed by atoms with Crippen molar-refractivity contribution >= 4 is 28.9 Å². The first kappa shape index (κ1) is 18.3. The monoisotopic (exact) mass is 416 g/mol. The molecule has 6 heteroatoms. The maximum atomic E-state index is 6.66. The minimum absolute atomic E-state index is 0.184. The van der Waals surface area contributed by atoms with Crippen molar-refractivity contribution in [3.63, 3.8) is 0 Å². The molecule has 5 rings (SSSR count). The van der Waals surface area contributed by atoms with E-state index in [4.69, 9.17) is 33.0 Å². The Balaban J connectivity index is 1.60. The highest BCUT2D eigenvalue weighted by Crippen LogP contribution is 2.49. The number of hydrogen-bond donors (Lipinski definition) is 1. The minimum Gasteiger partial charge on any atom is -0.466 e. The molecule has 2 aromatic carbocycles. The van der Waals surface area contributed by atoms with Gasteiger partial charge in [0, 0.05) is 22.6 Å². The summed E-state index contributed by atoms with van der Waals surface area (Å²) in [6.45, 7) is 4.29. The molecule has 146 valence electrons. The predicted octanol–water partition coefficient (Wildman–Crippen LogP) is 3.85. The van der Waals surface area contributed by atoms with Crippen LogP contribution in [0.2, 0.25) is 10.0 Å². The maximum absolute atomic E-state index is 6.66. The van der Waals surface area contributed by atoms with E-state index in [9.17, 15) is 0 Å². The van der Waals surface area contributed by atoms with E-state index in [0.717, 1.165) is 49.4 Å². The first-order valence-electron chi connectivity index (χ1n) is 9.88. The molecule has 0 aliphatic carbocycles. The Morgan fingerprint density at radius 1 is 1.14 bits per heavy atom. The summed E-state index contributed by atoms with van der Waals surface area (Å²) in [5.74, 6) is 1.00. The zero-order chi connectivity index (χ0) is 19.5. The fourth-order valence-electron chi connectivity index (χ4n) is 4.69. The molecule has 2 aromatic rings. The number of ether oxygens (including phenoxy) is 1. The lowest BCUT2D eigenvalue weighted by molar-refractivity contribution is -0.888. The van der Waals surface area contributed by atoms with Gasteiger partial charge in [0.05, 0.1) is 49.8 Å². The van der Waals surface area contributed by atoms with Crippen LogP contribution in [0.5, 0.6) is 5.75 Å². The van der Waals surface area contributed by atoms with E-state index in [1.54, 1.807) is 11.0 Å². The summed E-state index contributed by atoms with van der Waals surface area (Å²) in [5, 5.41) is 8.62. The number of hydrazone groups is 1. The highest BCUT2D eigenvalue weighted by molar-refractivity contribution is 6.37. The summed E-state index contributed by atoms with van der Waals surface area (Å²) in [7, 11) is 2.25. The van der Waals surface area contributed by atoms with Gasteiger partial charge in [0.25, 0.3) is 0 Å². The average molecular weight is 417 g/mol. The second kappa shape index (κ2) is 6.65. The Labute approximate surface area is 175 Å². The summed E-state index contributed by atoms with van der Waals surface area (Å²) in [4.78, 5) is 1.55. The second-order valence-electron chi connectivity index (χ2n) is 8.28. The molecule has 0 aromatic heterocycles. The molecule has 1 saturated heterocycles. The topological polar surface area (TPSA) is 29.3 Å². The zero-order valence-electron chi connectivity index (χ0n) is 16.1. The number of halogens is 2. The van der Waals surface area contributed by atoms with Gasteiger partial charge in [0.15, 0.2) is 0 Å². The highest BCUT2D eigenvalue weighted by Gasteiger charge is 2.52. The van der Waals surface area contributed by atoms with Gasteiger partial charge in [-0.25, -0.2) is 5.01 Å². The summed E-state index contributed by atoms with van der Waals surface area (Å²) in [6, 6.07) is 12.3. The Kier molecular flexibility index (Phi) is 4.34. The van der Waals surface area contributed by atoms with Crippen LogP contribution in [-0.4, -0.2) is 36.6 Å². The smallest absolute Gasteiger partial charge is 0.208 e. The molecule has 3 aliphatic rings. The quantitative estimate of drug-likeness (QED) is 0.764. The van der Waals surface area contributed by atoms with Gasteiger partial charge < -0.3 is 9.64 Å². The third-order valence-corrected chi connectivity index (χ3v) is 6.83. The van der Waals surface area contributed by atoms with Crippen molar-refractivity contribution < 1.29 is 9.64 Å². The van der Waals surface area contributed by atoms with Crippen molar-refractivity contribution in [1.82, 2.24) is 5.01 Å². The van der Waals surface area contributed by atoms with Crippen molar-refractivity contribution in [3.8, 4) is 5.75 Å². The first-order valence-corrected chi connectivity index (χ1v) is 10.6. The van der Waals surface area contributed by atoms with E-state index in [2.05, 4.69) is 37.2 Å².